The second kappa shape index (κ2) is 8.99. The number of carbonyl (C=O) groups excluding carboxylic acids is 2. The number of piperidine rings is 1. The van der Waals surface area contributed by atoms with Crippen molar-refractivity contribution in [3.05, 3.63) is 60.2 Å². The van der Waals surface area contributed by atoms with Gasteiger partial charge < -0.3 is 19.7 Å². The van der Waals surface area contributed by atoms with Gasteiger partial charge in [-0.3, -0.25) is 4.79 Å². The predicted molar refractivity (Wildman–Crippen MR) is 111 cm³/mol. The second-order valence-corrected chi connectivity index (χ2v) is 8.16. The lowest BCUT2D eigenvalue weighted by molar-refractivity contribution is 0.0199. The molecule has 0 unspecified atom stereocenters. The van der Waals surface area contributed by atoms with E-state index in [-0.39, 0.29) is 18.0 Å². The van der Waals surface area contributed by atoms with Crippen LogP contribution in [0.5, 0.6) is 11.5 Å². The topological polar surface area (TPSA) is 67.9 Å². The number of nitrogens with one attached hydrogen (secondary N) is 1. The lowest BCUT2D eigenvalue weighted by Gasteiger charge is -2.33. The number of amides is 2. The van der Waals surface area contributed by atoms with E-state index < -0.39 is 5.60 Å². The zero-order valence-electron chi connectivity index (χ0n) is 17.2. The van der Waals surface area contributed by atoms with Gasteiger partial charge in [0.05, 0.1) is 0 Å². The fourth-order valence-corrected chi connectivity index (χ4v) is 3.13. The number of nitrogens with zero attached hydrogens (tertiary/aromatic N) is 1. The molecule has 2 amide bonds. The Morgan fingerprint density at radius 3 is 2.28 bits per heavy atom. The Kier molecular flexibility index (Phi) is 6.42. The Balaban J connectivity index is 1.52. The molecule has 1 aliphatic rings. The van der Waals surface area contributed by atoms with E-state index in [1.165, 1.54) is 0 Å². The van der Waals surface area contributed by atoms with Gasteiger partial charge in [0.15, 0.2) is 0 Å². The van der Waals surface area contributed by atoms with Crippen molar-refractivity contribution in [3.63, 3.8) is 0 Å². The first-order chi connectivity index (χ1) is 13.8. The van der Waals surface area contributed by atoms with Gasteiger partial charge in [0, 0.05) is 24.7 Å². The van der Waals surface area contributed by atoms with E-state index in [0.29, 0.717) is 37.2 Å². The van der Waals surface area contributed by atoms with Crippen LogP contribution in [-0.4, -0.2) is 41.6 Å². The zero-order valence-corrected chi connectivity index (χ0v) is 17.2. The van der Waals surface area contributed by atoms with Gasteiger partial charge in [-0.1, -0.05) is 24.3 Å². The summed E-state index contributed by atoms with van der Waals surface area (Å²) in [5, 5.41) is 3.06. The summed E-state index contributed by atoms with van der Waals surface area (Å²) >= 11 is 0. The standard InChI is InChI=1S/C23H28N2O4/c1-23(2,3)29-22(27)25-14-12-18(13-15-25)24-21(26)17-8-7-11-20(16-17)28-19-9-5-4-6-10-19/h4-11,16,18H,12-15H2,1-3H3,(H,24,26). The van der Waals surface area contributed by atoms with Crippen molar-refractivity contribution in [2.24, 2.45) is 0 Å². The first-order valence-corrected chi connectivity index (χ1v) is 9.92. The molecule has 3 rings (SSSR count). The van der Waals surface area contributed by atoms with Crippen LogP contribution < -0.4 is 10.1 Å². The van der Waals surface area contributed by atoms with Crippen LogP contribution >= 0.6 is 0 Å². The van der Waals surface area contributed by atoms with E-state index >= 15 is 0 Å². The highest BCUT2D eigenvalue weighted by molar-refractivity contribution is 5.94. The highest BCUT2D eigenvalue weighted by Crippen LogP contribution is 2.22. The highest BCUT2D eigenvalue weighted by Gasteiger charge is 2.27. The van der Waals surface area contributed by atoms with Gasteiger partial charge in [0.25, 0.3) is 5.91 Å². The van der Waals surface area contributed by atoms with E-state index in [4.69, 9.17) is 9.47 Å². The van der Waals surface area contributed by atoms with E-state index in [9.17, 15) is 9.59 Å². The molecule has 1 N–H and O–H groups in total. The summed E-state index contributed by atoms with van der Waals surface area (Å²) in [5.74, 6) is 1.20. The smallest absolute Gasteiger partial charge is 0.410 e. The monoisotopic (exact) mass is 396 g/mol. The number of benzene rings is 2. The van der Waals surface area contributed by atoms with Gasteiger partial charge in [-0.15, -0.1) is 0 Å². The molecule has 0 radical (unpaired) electrons. The molecule has 0 aliphatic carbocycles. The summed E-state index contributed by atoms with van der Waals surface area (Å²) in [6.45, 7) is 6.70. The summed E-state index contributed by atoms with van der Waals surface area (Å²) in [5.41, 5.74) is 0.0441. The highest BCUT2D eigenvalue weighted by atomic mass is 16.6. The molecule has 1 saturated heterocycles. The maximum Gasteiger partial charge on any atom is 0.410 e. The van der Waals surface area contributed by atoms with Crippen LogP contribution in [0.1, 0.15) is 44.0 Å². The Bertz CT molecular complexity index is 837. The van der Waals surface area contributed by atoms with Crippen LogP contribution in [0.3, 0.4) is 0 Å². The third-order valence-electron chi connectivity index (χ3n) is 4.56. The van der Waals surface area contributed by atoms with Crippen LogP contribution in [0, 0.1) is 0 Å². The fourth-order valence-electron chi connectivity index (χ4n) is 3.13. The number of hydrogen-bond donors (Lipinski definition) is 1. The Hall–Kier alpha value is -3.02. The Morgan fingerprint density at radius 2 is 1.62 bits per heavy atom. The lowest BCUT2D eigenvalue weighted by Crippen LogP contribution is -2.47. The van der Waals surface area contributed by atoms with Crippen molar-refractivity contribution in [1.82, 2.24) is 10.2 Å². The van der Waals surface area contributed by atoms with E-state index in [1.807, 2.05) is 57.2 Å². The molecule has 0 aromatic heterocycles. The number of ether oxygens (including phenoxy) is 2. The third-order valence-corrected chi connectivity index (χ3v) is 4.56. The van der Waals surface area contributed by atoms with Gasteiger partial charge in [-0.05, 0) is 63.9 Å². The fraction of sp³-hybridized carbons (Fsp3) is 0.391. The van der Waals surface area contributed by atoms with Crippen molar-refractivity contribution in [2.75, 3.05) is 13.1 Å². The molecule has 6 nitrogen and oxygen atoms in total. The summed E-state index contributed by atoms with van der Waals surface area (Å²) < 4.78 is 11.2. The van der Waals surface area contributed by atoms with Crippen LogP contribution in [0.4, 0.5) is 4.79 Å². The van der Waals surface area contributed by atoms with Crippen LogP contribution in [-0.2, 0) is 4.74 Å². The summed E-state index contributed by atoms with van der Waals surface area (Å²) in [4.78, 5) is 26.5. The Morgan fingerprint density at radius 1 is 0.966 bits per heavy atom. The molecule has 0 atom stereocenters. The van der Waals surface area contributed by atoms with Gasteiger partial charge in [0.2, 0.25) is 0 Å². The van der Waals surface area contributed by atoms with Gasteiger partial charge in [0.1, 0.15) is 17.1 Å². The van der Waals surface area contributed by atoms with Gasteiger partial charge in [-0.2, -0.15) is 0 Å². The zero-order chi connectivity index (χ0) is 20.9. The minimum atomic E-state index is -0.505. The largest absolute Gasteiger partial charge is 0.457 e. The first kappa shape index (κ1) is 20.7. The van der Waals surface area contributed by atoms with E-state index in [0.717, 1.165) is 5.75 Å². The number of hydrogen-bond acceptors (Lipinski definition) is 4. The predicted octanol–water partition coefficient (Wildman–Crippen LogP) is 4.61. The minimum absolute atomic E-state index is 0.0277. The number of likely N-dealkylation sites (tertiary alicyclic amines) is 1. The molecule has 29 heavy (non-hydrogen) atoms. The summed E-state index contributed by atoms with van der Waals surface area (Å²) in [7, 11) is 0. The Labute approximate surface area is 171 Å². The second-order valence-electron chi connectivity index (χ2n) is 8.16. The van der Waals surface area contributed by atoms with Crippen LogP contribution in [0.15, 0.2) is 54.6 Å². The lowest BCUT2D eigenvalue weighted by atomic mass is 10.0. The van der Waals surface area contributed by atoms with Crippen LogP contribution in [0.25, 0.3) is 0 Å². The molecular weight excluding hydrogens is 368 g/mol. The normalized spacial score (nSPS) is 14.9. The van der Waals surface area contributed by atoms with E-state index in [1.54, 1.807) is 23.1 Å². The molecule has 2 aromatic rings. The maximum atomic E-state index is 12.6. The molecular formula is C23H28N2O4. The number of rotatable bonds is 4. The molecule has 6 heteroatoms. The van der Waals surface area contributed by atoms with Gasteiger partial charge >= 0.3 is 6.09 Å². The van der Waals surface area contributed by atoms with E-state index in [2.05, 4.69) is 5.32 Å². The number of carbonyl (C=O) groups is 2. The summed E-state index contributed by atoms with van der Waals surface area (Å²) in [6.07, 6.45) is 1.10. The average Bonchev–Trinajstić information content (AvgIpc) is 2.68. The molecule has 1 heterocycles. The molecule has 0 spiro atoms. The van der Waals surface area contributed by atoms with Crippen molar-refractivity contribution in [2.45, 2.75) is 45.3 Å². The number of para-hydroxylation sites is 1. The van der Waals surface area contributed by atoms with Crippen molar-refractivity contribution in [3.8, 4) is 11.5 Å². The molecule has 0 saturated carbocycles. The SMILES string of the molecule is CC(C)(C)OC(=O)N1CCC(NC(=O)c2cccc(Oc3ccccc3)c2)CC1. The molecule has 1 aliphatic heterocycles. The minimum Gasteiger partial charge on any atom is -0.457 e. The first-order valence-electron chi connectivity index (χ1n) is 9.92. The van der Waals surface area contributed by atoms with Crippen molar-refractivity contribution >= 4 is 12.0 Å². The summed E-state index contributed by atoms with van der Waals surface area (Å²) in [6, 6.07) is 16.6. The quantitative estimate of drug-likeness (QED) is 0.820. The molecule has 0 bridgehead atoms. The van der Waals surface area contributed by atoms with Crippen LogP contribution in [0.2, 0.25) is 0 Å². The van der Waals surface area contributed by atoms with Crippen molar-refractivity contribution in [1.29, 1.82) is 0 Å². The van der Waals surface area contributed by atoms with Crippen molar-refractivity contribution < 1.29 is 19.1 Å². The molecule has 154 valence electrons. The third kappa shape index (κ3) is 6.24. The maximum absolute atomic E-state index is 12.6. The van der Waals surface area contributed by atoms with Gasteiger partial charge in [-0.25, -0.2) is 4.79 Å². The molecule has 2 aromatic carbocycles. The molecule has 1 fully saturated rings. The average molecular weight is 396 g/mol.